The number of ether oxygens (including phenoxy) is 2. The Balaban J connectivity index is 2.05. The fourth-order valence-electron chi connectivity index (χ4n) is 2.45. The summed E-state index contributed by atoms with van der Waals surface area (Å²) in [7, 11) is 1.57. The highest BCUT2D eigenvalue weighted by Crippen LogP contribution is 2.24. The Kier molecular flexibility index (Phi) is 6.39. The van der Waals surface area contributed by atoms with E-state index in [9.17, 15) is 9.59 Å². The Morgan fingerprint density at radius 1 is 1.16 bits per heavy atom. The van der Waals surface area contributed by atoms with Gasteiger partial charge in [0.2, 0.25) is 0 Å². The number of nitrogens with one attached hydrogen (secondary N) is 1. The van der Waals surface area contributed by atoms with Gasteiger partial charge >= 0.3 is 12.1 Å². The van der Waals surface area contributed by atoms with Gasteiger partial charge in [-0.1, -0.05) is 42.5 Å². The number of benzene rings is 2. The predicted molar refractivity (Wildman–Crippen MR) is 92.5 cm³/mol. The maximum Gasteiger partial charge on any atom is 0.407 e. The predicted octanol–water partition coefficient (Wildman–Crippen LogP) is 3.45. The molecule has 0 heterocycles. The fraction of sp³-hybridized carbons (Fsp3) is 0.263. The fourth-order valence-corrected chi connectivity index (χ4v) is 2.45. The number of hydrogen-bond donors (Lipinski definition) is 2. The zero-order chi connectivity index (χ0) is 18.2. The van der Waals surface area contributed by atoms with Crippen molar-refractivity contribution in [2.24, 2.45) is 0 Å². The third-order valence-electron chi connectivity index (χ3n) is 3.70. The van der Waals surface area contributed by atoms with Gasteiger partial charge in [-0.25, -0.2) is 4.79 Å². The van der Waals surface area contributed by atoms with Crippen molar-refractivity contribution < 1.29 is 24.2 Å². The number of carbonyl (C=O) groups excluding carboxylic acids is 1. The molecule has 132 valence electrons. The molecule has 6 nitrogen and oxygen atoms in total. The van der Waals surface area contributed by atoms with Crippen molar-refractivity contribution in [3.63, 3.8) is 0 Å². The monoisotopic (exact) mass is 343 g/mol. The van der Waals surface area contributed by atoms with Gasteiger partial charge < -0.3 is 19.9 Å². The Hall–Kier alpha value is -3.02. The number of carboxylic acid groups (broad SMARTS) is 1. The SMILES string of the molecule is COc1ccc([C@H](CC(=O)O)NC(=O)OCc2ccccc2)cc1C. The first-order chi connectivity index (χ1) is 12.0. The molecule has 0 saturated carbocycles. The molecule has 2 N–H and O–H groups in total. The molecular weight excluding hydrogens is 322 g/mol. The van der Waals surface area contributed by atoms with Crippen molar-refractivity contribution in [3.05, 3.63) is 65.2 Å². The van der Waals surface area contributed by atoms with Crippen molar-refractivity contribution in [3.8, 4) is 5.75 Å². The van der Waals surface area contributed by atoms with Crippen molar-refractivity contribution in [2.75, 3.05) is 7.11 Å². The van der Waals surface area contributed by atoms with Gasteiger partial charge in [-0.15, -0.1) is 0 Å². The molecule has 0 aliphatic rings. The highest BCUT2D eigenvalue weighted by molar-refractivity contribution is 5.72. The molecule has 1 amide bonds. The minimum atomic E-state index is -1.01. The number of rotatable bonds is 7. The van der Waals surface area contributed by atoms with Crippen molar-refractivity contribution in [2.45, 2.75) is 26.0 Å². The quantitative estimate of drug-likeness (QED) is 0.804. The zero-order valence-corrected chi connectivity index (χ0v) is 14.2. The second-order valence-electron chi connectivity index (χ2n) is 5.59. The maximum absolute atomic E-state index is 12.0. The Morgan fingerprint density at radius 2 is 1.88 bits per heavy atom. The van der Waals surface area contributed by atoms with Gasteiger partial charge in [0.25, 0.3) is 0 Å². The van der Waals surface area contributed by atoms with Crippen LogP contribution in [0.3, 0.4) is 0 Å². The van der Waals surface area contributed by atoms with Crippen molar-refractivity contribution in [1.29, 1.82) is 0 Å². The van der Waals surface area contributed by atoms with E-state index in [1.54, 1.807) is 25.3 Å². The molecule has 0 aliphatic heterocycles. The van der Waals surface area contributed by atoms with E-state index < -0.39 is 18.1 Å². The van der Waals surface area contributed by atoms with Crippen LogP contribution < -0.4 is 10.1 Å². The van der Waals surface area contributed by atoms with Crippen LogP contribution in [0.25, 0.3) is 0 Å². The Labute approximate surface area is 146 Å². The zero-order valence-electron chi connectivity index (χ0n) is 14.2. The van der Waals surface area contributed by atoms with E-state index in [1.807, 2.05) is 37.3 Å². The summed E-state index contributed by atoms with van der Waals surface area (Å²) in [6, 6.07) is 13.8. The van der Waals surface area contributed by atoms with E-state index in [0.717, 1.165) is 11.1 Å². The van der Waals surface area contributed by atoms with Crippen LogP contribution in [0, 0.1) is 6.92 Å². The van der Waals surface area contributed by atoms with Gasteiger partial charge in [-0.05, 0) is 29.7 Å². The van der Waals surface area contributed by atoms with Gasteiger partial charge in [0.1, 0.15) is 12.4 Å². The minimum Gasteiger partial charge on any atom is -0.496 e. The molecule has 0 spiro atoms. The molecule has 1 atom stereocenters. The summed E-state index contributed by atoms with van der Waals surface area (Å²) in [6.07, 6.45) is -0.907. The van der Waals surface area contributed by atoms with E-state index in [0.29, 0.717) is 11.3 Å². The molecule has 2 rings (SSSR count). The molecule has 0 bridgehead atoms. The molecule has 0 radical (unpaired) electrons. The second-order valence-corrected chi connectivity index (χ2v) is 5.59. The summed E-state index contributed by atoms with van der Waals surface area (Å²) in [5, 5.41) is 11.7. The lowest BCUT2D eigenvalue weighted by atomic mass is 10.0. The van der Waals surface area contributed by atoms with E-state index in [-0.39, 0.29) is 13.0 Å². The van der Waals surface area contributed by atoms with Gasteiger partial charge in [0.05, 0.1) is 19.6 Å². The average molecular weight is 343 g/mol. The number of aryl methyl sites for hydroxylation is 1. The number of hydrogen-bond acceptors (Lipinski definition) is 4. The standard InChI is InChI=1S/C19H21NO5/c1-13-10-15(8-9-17(13)24-2)16(11-18(21)22)20-19(23)25-12-14-6-4-3-5-7-14/h3-10,16H,11-12H2,1-2H3,(H,20,23)(H,21,22)/t16-/m0/s1. The van der Waals surface area contributed by atoms with Crippen LogP contribution in [-0.2, 0) is 16.1 Å². The molecule has 25 heavy (non-hydrogen) atoms. The highest BCUT2D eigenvalue weighted by Gasteiger charge is 2.19. The summed E-state index contributed by atoms with van der Waals surface area (Å²) >= 11 is 0. The first-order valence-corrected chi connectivity index (χ1v) is 7.83. The molecule has 2 aromatic carbocycles. The van der Waals surface area contributed by atoms with Gasteiger partial charge in [-0.2, -0.15) is 0 Å². The van der Waals surface area contributed by atoms with Crippen LogP contribution in [0.5, 0.6) is 5.75 Å². The molecular formula is C19H21NO5. The number of aliphatic carboxylic acids is 1. The summed E-state index contributed by atoms with van der Waals surface area (Å²) in [5.74, 6) is -0.314. The lowest BCUT2D eigenvalue weighted by Crippen LogP contribution is -2.30. The minimum absolute atomic E-state index is 0.119. The van der Waals surface area contributed by atoms with Crippen LogP contribution in [0.4, 0.5) is 4.79 Å². The van der Waals surface area contributed by atoms with Crippen LogP contribution in [-0.4, -0.2) is 24.3 Å². The third kappa shape index (κ3) is 5.53. The second kappa shape index (κ2) is 8.73. The average Bonchev–Trinajstić information content (AvgIpc) is 2.60. The van der Waals surface area contributed by atoms with Crippen LogP contribution in [0.1, 0.15) is 29.2 Å². The molecule has 6 heteroatoms. The summed E-state index contributed by atoms with van der Waals surface area (Å²) in [4.78, 5) is 23.2. The summed E-state index contributed by atoms with van der Waals surface area (Å²) in [6.45, 7) is 1.97. The summed E-state index contributed by atoms with van der Waals surface area (Å²) < 4.78 is 10.4. The maximum atomic E-state index is 12.0. The third-order valence-corrected chi connectivity index (χ3v) is 3.70. The summed E-state index contributed by atoms with van der Waals surface area (Å²) in [5.41, 5.74) is 2.39. The first-order valence-electron chi connectivity index (χ1n) is 7.83. The lowest BCUT2D eigenvalue weighted by molar-refractivity contribution is -0.137. The first kappa shape index (κ1) is 18.3. The number of amides is 1. The molecule has 0 saturated heterocycles. The van der Waals surface area contributed by atoms with E-state index in [4.69, 9.17) is 14.6 Å². The van der Waals surface area contributed by atoms with Crippen LogP contribution in [0.15, 0.2) is 48.5 Å². The molecule has 0 fully saturated rings. The smallest absolute Gasteiger partial charge is 0.407 e. The van der Waals surface area contributed by atoms with Gasteiger partial charge in [0.15, 0.2) is 0 Å². The number of carbonyl (C=O) groups is 2. The number of alkyl carbamates (subject to hydrolysis) is 1. The van der Waals surface area contributed by atoms with Gasteiger partial charge in [-0.3, -0.25) is 4.79 Å². The number of methoxy groups -OCH3 is 1. The van der Waals surface area contributed by atoms with Crippen molar-refractivity contribution >= 4 is 12.1 Å². The van der Waals surface area contributed by atoms with Crippen molar-refractivity contribution in [1.82, 2.24) is 5.32 Å². The van der Waals surface area contributed by atoms with E-state index in [1.165, 1.54) is 0 Å². The number of carboxylic acids is 1. The topological polar surface area (TPSA) is 84.9 Å². The highest BCUT2D eigenvalue weighted by atomic mass is 16.5. The van der Waals surface area contributed by atoms with E-state index in [2.05, 4.69) is 5.32 Å². The Bertz CT molecular complexity index is 730. The molecule has 0 aliphatic carbocycles. The normalized spacial score (nSPS) is 11.4. The van der Waals surface area contributed by atoms with E-state index >= 15 is 0 Å². The molecule has 0 aromatic heterocycles. The van der Waals surface area contributed by atoms with Crippen LogP contribution >= 0.6 is 0 Å². The molecule has 2 aromatic rings. The lowest BCUT2D eigenvalue weighted by Gasteiger charge is -2.18. The molecule has 0 unspecified atom stereocenters. The van der Waals surface area contributed by atoms with Gasteiger partial charge in [0, 0.05) is 0 Å². The largest absolute Gasteiger partial charge is 0.496 e. The van der Waals surface area contributed by atoms with Crippen LogP contribution in [0.2, 0.25) is 0 Å². The Morgan fingerprint density at radius 3 is 2.48 bits per heavy atom.